The molecule has 0 saturated carbocycles. The van der Waals surface area contributed by atoms with Crippen LogP contribution < -0.4 is 5.32 Å². The summed E-state index contributed by atoms with van der Waals surface area (Å²) >= 11 is 0. The number of urea groups is 1. The van der Waals surface area contributed by atoms with Gasteiger partial charge in [0.2, 0.25) is 0 Å². The van der Waals surface area contributed by atoms with Crippen molar-refractivity contribution in [1.82, 2.24) is 10.2 Å². The third kappa shape index (κ3) is 3.72. The van der Waals surface area contributed by atoms with Crippen molar-refractivity contribution in [2.24, 2.45) is 5.41 Å². The topological polar surface area (TPSA) is 58.6 Å². The normalized spacial score (nSPS) is 18.3. The van der Waals surface area contributed by atoms with Crippen molar-refractivity contribution in [1.29, 1.82) is 0 Å². The molecule has 2 amide bonds. The summed E-state index contributed by atoms with van der Waals surface area (Å²) in [6.45, 7) is 7.78. The van der Waals surface area contributed by atoms with Gasteiger partial charge in [0.15, 0.2) is 0 Å². The average molecular weight is 228 g/mol. The Kier molecular flexibility index (Phi) is 4.15. The van der Waals surface area contributed by atoms with Crippen LogP contribution in [-0.2, 0) is 9.53 Å². The van der Waals surface area contributed by atoms with E-state index in [1.54, 1.807) is 11.8 Å². The van der Waals surface area contributed by atoms with Gasteiger partial charge in [-0.1, -0.05) is 13.8 Å². The molecule has 0 atom stereocenters. The Hall–Kier alpha value is -1.26. The number of likely N-dealkylation sites (tertiary alicyclic amines) is 1. The summed E-state index contributed by atoms with van der Waals surface area (Å²) in [4.78, 5) is 24.4. The van der Waals surface area contributed by atoms with E-state index in [9.17, 15) is 9.59 Å². The molecule has 1 aliphatic heterocycles. The van der Waals surface area contributed by atoms with Gasteiger partial charge in [0, 0.05) is 13.1 Å². The van der Waals surface area contributed by atoms with Crippen LogP contribution in [0.5, 0.6) is 0 Å². The molecule has 0 aromatic heterocycles. The molecule has 16 heavy (non-hydrogen) atoms. The fourth-order valence-corrected chi connectivity index (χ4v) is 1.76. The molecule has 5 nitrogen and oxygen atoms in total. The highest BCUT2D eigenvalue weighted by atomic mass is 16.5. The predicted octanol–water partition coefficient (Wildman–Crippen LogP) is 0.991. The van der Waals surface area contributed by atoms with E-state index in [0.29, 0.717) is 6.61 Å². The number of hydrogen-bond donors (Lipinski definition) is 1. The zero-order chi connectivity index (χ0) is 12.2. The molecule has 1 N–H and O–H groups in total. The smallest absolute Gasteiger partial charge is 0.325 e. The van der Waals surface area contributed by atoms with Crippen LogP contribution in [0.4, 0.5) is 4.79 Å². The van der Waals surface area contributed by atoms with Crippen molar-refractivity contribution in [2.75, 3.05) is 26.2 Å². The molecule has 1 saturated heterocycles. The highest BCUT2D eigenvalue weighted by Crippen LogP contribution is 2.28. The van der Waals surface area contributed by atoms with Crippen LogP contribution in [0.25, 0.3) is 0 Å². The summed E-state index contributed by atoms with van der Waals surface area (Å²) < 4.78 is 4.72. The van der Waals surface area contributed by atoms with E-state index in [1.807, 2.05) is 0 Å². The first-order valence-corrected chi connectivity index (χ1v) is 5.63. The Balaban J connectivity index is 2.29. The first-order chi connectivity index (χ1) is 7.44. The van der Waals surface area contributed by atoms with Crippen LogP contribution >= 0.6 is 0 Å². The van der Waals surface area contributed by atoms with Crippen molar-refractivity contribution in [2.45, 2.75) is 27.2 Å². The second-order valence-corrected chi connectivity index (χ2v) is 4.80. The van der Waals surface area contributed by atoms with Crippen LogP contribution in [0.2, 0.25) is 0 Å². The van der Waals surface area contributed by atoms with E-state index >= 15 is 0 Å². The number of carbonyl (C=O) groups is 2. The fourth-order valence-electron chi connectivity index (χ4n) is 1.76. The molecule has 1 rings (SSSR count). The van der Waals surface area contributed by atoms with Crippen LogP contribution in [0, 0.1) is 5.41 Å². The third-order valence-electron chi connectivity index (χ3n) is 2.65. The van der Waals surface area contributed by atoms with Gasteiger partial charge in [-0.25, -0.2) is 4.79 Å². The maximum Gasteiger partial charge on any atom is 0.325 e. The molecular formula is C11H20N2O3. The lowest BCUT2D eigenvalue weighted by molar-refractivity contribution is -0.141. The van der Waals surface area contributed by atoms with Gasteiger partial charge in [0.1, 0.15) is 6.54 Å². The Morgan fingerprint density at radius 1 is 1.44 bits per heavy atom. The number of carbonyl (C=O) groups excluding carboxylic acids is 2. The molecule has 5 heteroatoms. The van der Waals surface area contributed by atoms with E-state index in [4.69, 9.17) is 4.74 Å². The molecule has 0 unspecified atom stereocenters. The lowest BCUT2D eigenvalue weighted by Gasteiger charge is -2.19. The maximum atomic E-state index is 11.6. The second kappa shape index (κ2) is 5.18. The van der Waals surface area contributed by atoms with Crippen molar-refractivity contribution < 1.29 is 14.3 Å². The highest BCUT2D eigenvalue weighted by molar-refractivity contribution is 5.81. The Bertz CT molecular complexity index is 276. The zero-order valence-corrected chi connectivity index (χ0v) is 10.2. The largest absolute Gasteiger partial charge is 0.465 e. The lowest BCUT2D eigenvalue weighted by Crippen LogP contribution is -2.41. The van der Waals surface area contributed by atoms with Gasteiger partial charge >= 0.3 is 12.0 Å². The molecule has 1 aliphatic rings. The number of amides is 2. The molecule has 0 aliphatic carbocycles. The van der Waals surface area contributed by atoms with E-state index in [-0.39, 0.29) is 18.0 Å². The van der Waals surface area contributed by atoms with Gasteiger partial charge < -0.3 is 15.0 Å². The minimum atomic E-state index is -0.394. The molecule has 0 aromatic rings. The molecule has 1 fully saturated rings. The number of hydrogen-bond acceptors (Lipinski definition) is 3. The first kappa shape index (κ1) is 12.8. The van der Waals surface area contributed by atoms with Gasteiger partial charge in [0.25, 0.3) is 0 Å². The molecule has 1 heterocycles. The number of nitrogens with one attached hydrogen (secondary N) is 1. The standard InChI is InChI=1S/C11H20N2O3/c1-4-16-9(14)7-12-10(15)13-6-5-11(2,3)8-13/h4-8H2,1-3H3,(H,12,15). The summed E-state index contributed by atoms with van der Waals surface area (Å²) in [6.07, 6.45) is 1.000. The highest BCUT2D eigenvalue weighted by Gasteiger charge is 2.31. The van der Waals surface area contributed by atoms with Crippen molar-refractivity contribution in [3.05, 3.63) is 0 Å². The Labute approximate surface area is 96.1 Å². The molecule has 0 bridgehead atoms. The van der Waals surface area contributed by atoms with Crippen LogP contribution in [0.1, 0.15) is 27.2 Å². The predicted molar refractivity (Wildman–Crippen MR) is 60.0 cm³/mol. The lowest BCUT2D eigenvalue weighted by atomic mass is 9.93. The monoisotopic (exact) mass is 228 g/mol. The molecule has 92 valence electrons. The quantitative estimate of drug-likeness (QED) is 0.733. The summed E-state index contributed by atoms with van der Waals surface area (Å²) in [5.74, 6) is -0.394. The summed E-state index contributed by atoms with van der Waals surface area (Å²) in [5, 5.41) is 2.56. The van der Waals surface area contributed by atoms with Gasteiger partial charge in [-0.05, 0) is 18.8 Å². The van der Waals surface area contributed by atoms with Crippen LogP contribution in [-0.4, -0.2) is 43.1 Å². The summed E-state index contributed by atoms with van der Waals surface area (Å²) in [6, 6.07) is -0.182. The third-order valence-corrected chi connectivity index (χ3v) is 2.65. The molecule has 0 aromatic carbocycles. The number of esters is 1. The van der Waals surface area contributed by atoms with Gasteiger partial charge in [-0.2, -0.15) is 0 Å². The maximum absolute atomic E-state index is 11.6. The molecule has 0 radical (unpaired) electrons. The van der Waals surface area contributed by atoms with Gasteiger partial charge in [-0.15, -0.1) is 0 Å². The molecular weight excluding hydrogens is 208 g/mol. The fraction of sp³-hybridized carbons (Fsp3) is 0.818. The van der Waals surface area contributed by atoms with Gasteiger partial charge in [-0.3, -0.25) is 4.79 Å². The van der Waals surface area contributed by atoms with Crippen molar-refractivity contribution in [3.8, 4) is 0 Å². The van der Waals surface area contributed by atoms with Crippen molar-refractivity contribution in [3.63, 3.8) is 0 Å². The Morgan fingerprint density at radius 2 is 2.12 bits per heavy atom. The SMILES string of the molecule is CCOC(=O)CNC(=O)N1CCC(C)(C)C1. The summed E-state index contributed by atoms with van der Waals surface area (Å²) in [5.41, 5.74) is 0.182. The minimum absolute atomic E-state index is 0.0520. The van der Waals surface area contributed by atoms with E-state index in [1.165, 1.54) is 0 Å². The van der Waals surface area contributed by atoms with Crippen LogP contribution in [0.3, 0.4) is 0 Å². The van der Waals surface area contributed by atoms with Crippen molar-refractivity contribution >= 4 is 12.0 Å². The number of ether oxygens (including phenoxy) is 1. The van der Waals surface area contributed by atoms with E-state index < -0.39 is 5.97 Å². The first-order valence-electron chi connectivity index (χ1n) is 5.63. The van der Waals surface area contributed by atoms with Crippen LogP contribution in [0.15, 0.2) is 0 Å². The van der Waals surface area contributed by atoms with E-state index in [0.717, 1.165) is 19.5 Å². The Morgan fingerprint density at radius 3 is 2.62 bits per heavy atom. The molecule has 0 spiro atoms. The number of rotatable bonds is 3. The second-order valence-electron chi connectivity index (χ2n) is 4.80. The van der Waals surface area contributed by atoms with Gasteiger partial charge in [0.05, 0.1) is 6.61 Å². The zero-order valence-electron chi connectivity index (χ0n) is 10.2. The number of nitrogens with zero attached hydrogens (tertiary/aromatic N) is 1. The minimum Gasteiger partial charge on any atom is -0.465 e. The van der Waals surface area contributed by atoms with E-state index in [2.05, 4.69) is 19.2 Å². The summed E-state index contributed by atoms with van der Waals surface area (Å²) in [7, 11) is 0. The average Bonchev–Trinajstić information content (AvgIpc) is 2.56.